The minimum atomic E-state index is -2.27. The minimum absolute atomic E-state index is 0.957. The van der Waals surface area contributed by atoms with Gasteiger partial charge in [0.05, 0.1) is 6.19 Å². The van der Waals surface area contributed by atoms with Gasteiger partial charge in [0, 0.05) is 10.6 Å². The molecule has 0 atom stereocenters. The molecule has 0 bridgehead atoms. The van der Waals surface area contributed by atoms with E-state index < -0.39 is 6.19 Å². The SMILES string of the molecule is ONP(=S)(c1ccccc1)c1ccccc1. The van der Waals surface area contributed by atoms with Crippen LogP contribution < -0.4 is 15.9 Å². The van der Waals surface area contributed by atoms with Gasteiger partial charge < -0.3 is 5.21 Å². The van der Waals surface area contributed by atoms with Gasteiger partial charge in [0.2, 0.25) is 0 Å². The van der Waals surface area contributed by atoms with E-state index in [1.807, 2.05) is 60.7 Å². The molecule has 2 rings (SSSR count). The lowest BCUT2D eigenvalue weighted by Crippen LogP contribution is -2.24. The molecule has 0 fully saturated rings. The fraction of sp³-hybridized carbons (Fsp3) is 0. The van der Waals surface area contributed by atoms with Crippen LogP contribution in [0.15, 0.2) is 60.7 Å². The quantitative estimate of drug-likeness (QED) is 0.644. The number of hydrogen-bond acceptors (Lipinski definition) is 2. The molecule has 0 aliphatic heterocycles. The Morgan fingerprint density at radius 1 is 0.812 bits per heavy atom. The largest absolute Gasteiger partial charge is 0.312 e. The standard InChI is InChI=1S/C12H12NOPS/c14-13-15(16,11-7-3-1-4-8-11)12-9-5-2-6-10-12/h1-10,14H,(H,13,16). The molecule has 0 radical (unpaired) electrons. The zero-order valence-electron chi connectivity index (χ0n) is 8.58. The van der Waals surface area contributed by atoms with Crippen LogP contribution in [0.2, 0.25) is 0 Å². The van der Waals surface area contributed by atoms with Gasteiger partial charge in [-0.15, -0.1) is 0 Å². The number of benzene rings is 2. The van der Waals surface area contributed by atoms with Gasteiger partial charge in [-0.25, -0.2) is 0 Å². The maximum Gasteiger partial charge on any atom is 0.0914 e. The van der Waals surface area contributed by atoms with Crippen molar-refractivity contribution in [2.75, 3.05) is 0 Å². The van der Waals surface area contributed by atoms with Gasteiger partial charge >= 0.3 is 0 Å². The van der Waals surface area contributed by atoms with Crippen LogP contribution >= 0.6 is 6.19 Å². The molecule has 2 N–H and O–H groups in total. The summed E-state index contributed by atoms with van der Waals surface area (Å²) in [5.74, 6) is 0. The fourth-order valence-electron chi connectivity index (χ4n) is 1.54. The summed E-state index contributed by atoms with van der Waals surface area (Å²) in [5.41, 5.74) is 0. The Balaban J connectivity index is 2.54. The van der Waals surface area contributed by atoms with E-state index in [4.69, 9.17) is 11.8 Å². The zero-order valence-corrected chi connectivity index (χ0v) is 10.3. The van der Waals surface area contributed by atoms with E-state index in [1.54, 1.807) is 0 Å². The van der Waals surface area contributed by atoms with Gasteiger partial charge in [-0.2, -0.15) is 5.25 Å². The van der Waals surface area contributed by atoms with Gasteiger partial charge in [0.25, 0.3) is 0 Å². The van der Waals surface area contributed by atoms with Crippen molar-refractivity contribution < 1.29 is 5.21 Å². The molecule has 2 aromatic rings. The molecular weight excluding hydrogens is 237 g/mol. The van der Waals surface area contributed by atoms with Crippen molar-refractivity contribution in [3.8, 4) is 0 Å². The Morgan fingerprint density at radius 3 is 1.50 bits per heavy atom. The Hall–Kier alpha value is -0.990. The number of rotatable bonds is 3. The van der Waals surface area contributed by atoms with Crippen LogP contribution in [0.4, 0.5) is 0 Å². The summed E-state index contributed by atoms with van der Waals surface area (Å²) < 4.78 is 0. The lowest BCUT2D eigenvalue weighted by molar-refractivity contribution is 0.253. The number of nitrogens with one attached hydrogen (secondary N) is 1. The van der Waals surface area contributed by atoms with Gasteiger partial charge in [-0.05, 0) is 0 Å². The van der Waals surface area contributed by atoms with Crippen LogP contribution in [-0.4, -0.2) is 5.21 Å². The third kappa shape index (κ3) is 2.08. The zero-order chi connectivity index (χ0) is 11.4. The van der Waals surface area contributed by atoms with Crippen molar-refractivity contribution >= 4 is 28.6 Å². The summed E-state index contributed by atoms with van der Waals surface area (Å²) in [4.78, 5) is 0. The first kappa shape index (κ1) is 11.5. The summed E-state index contributed by atoms with van der Waals surface area (Å²) in [6, 6.07) is 19.3. The Labute approximate surface area is 100.0 Å². The van der Waals surface area contributed by atoms with Crippen molar-refractivity contribution in [3.63, 3.8) is 0 Å². The van der Waals surface area contributed by atoms with Gasteiger partial charge in [-0.3, -0.25) is 0 Å². The predicted octanol–water partition coefficient (Wildman–Crippen LogP) is 2.01. The highest BCUT2D eigenvalue weighted by Crippen LogP contribution is 2.37. The van der Waals surface area contributed by atoms with E-state index >= 15 is 0 Å². The molecule has 16 heavy (non-hydrogen) atoms. The molecule has 2 nitrogen and oxygen atoms in total. The van der Waals surface area contributed by atoms with Crippen LogP contribution in [-0.2, 0) is 11.8 Å². The lowest BCUT2D eigenvalue weighted by atomic mass is 10.4. The maximum absolute atomic E-state index is 9.39. The average molecular weight is 249 g/mol. The molecule has 0 heterocycles. The second kappa shape index (κ2) is 4.89. The van der Waals surface area contributed by atoms with Crippen molar-refractivity contribution in [2.45, 2.75) is 0 Å². The predicted molar refractivity (Wildman–Crippen MR) is 71.4 cm³/mol. The summed E-state index contributed by atoms with van der Waals surface area (Å²) >= 11 is 5.59. The third-order valence-electron chi connectivity index (χ3n) is 2.38. The first-order valence-corrected chi connectivity index (χ1v) is 7.70. The van der Waals surface area contributed by atoms with Gasteiger partial charge in [-0.1, -0.05) is 72.5 Å². The Kier molecular flexibility index (Phi) is 3.52. The Bertz CT molecular complexity index is 457. The molecule has 82 valence electrons. The molecule has 2 aromatic carbocycles. The van der Waals surface area contributed by atoms with Gasteiger partial charge in [0.15, 0.2) is 0 Å². The second-order valence-electron chi connectivity index (χ2n) is 3.38. The van der Waals surface area contributed by atoms with Crippen LogP contribution in [0.25, 0.3) is 0 Å². The van der Waals surface area contributed by atoms with Crippen molar-refractivity contribution in [2.24, 2.45) is 0 Å². The van der Waals surface area contributed by atoms with E-state index in [-0.39, 0.29) is 0 Å². The average Bonchev–Trinajstić information content (AvgIpc) is 2.40. The number of hydrogen-bond donors (Lipinski definition) is 2. The molecule has 0 saturated heterocycles. The topological polar surface area (TPSA) is 32.3 Å². The maximum atomic E-state index is 9.39. The van der Waals surface area contributed by atoms with Crippen molar-refractivity contribution in [3.05, 3.63) is 60.7 Å². The highest BCUT2D eigenvalue weighted by molar-refractivity contribution is 8.20. The summed E-state index contributed by atoms with van der Waals surface area (Å²) in [6.45, 7) is 0. The first-order valence-electron chi connectivity index (χ1n) is 4.90. The van der Waals surface area contributed by atoms with Crippen LogP contribution in [0.3, 0.4) is 0 Å². The second-order valence-corrected chi connectivity index (χ2v) is 7.47. The van der Waals surface area contributed by atoms with E-state index in [1.165, 1.54) is 0 Å². The molecule has 0 saturated carbocycles. The molecular formula is C12H12NOPS. The van der Waals surface area contributed by atoms with Crippen LogP contribution in [0.1, 0.15) is 0 Å². The molecule has 0 amide bonds. The van der Waals surface area contributed by atoms with Crippen LogP contribution in [0.5, 0.6) is 0 Å². The minimum Gasteiger partial charge on any atom is -0.312 e. The summed E-state index contributed by atoms with van der Waals surface area (Å²) in [6.07, 6.45) is -2.27. The Morgan fingerprint density at radius 2 is 1.19 bits per heavy atom. The van der Waals surface area contributed by atoms with E-state index in [0.29, 0.717) is 0 Å². The molecule has 0 unspecified atom stereocenters. The lowest BCUT2D eigenvalue weighted by Gasteiger charge is -2.20. The molecule has 0 aromatic heterocycles. The van der Waals surface area contributed by atoms with E-state index in [2.05, 4.69) is 5.25 Å². The van der Waals surface area contributed by atoms with Gasteiger partial charge in [0.1, 0.15) is 0 Å². The summed E-state index contributed by atoms with van der Waals surface area (Å²) in [5, 5.41) is 13.6. The summed E-state index contributed by atoms with van der Waals surface area (Å²) in [7, 11) is 0. The molecule has 0 spiro atoms. The normalized spacial score (nSPS) is 11.3. The smallest absolute Gasteiger partial charge is 0.0914 e. The molecule has 0 aliphatic rings. The molecule has 0 aliphatic carbocycles. The fourth-order valence-corrected chi connectivity index (χ4v) is 3.98. The van der Waals surface area contributed by atoms with E-state index in [9.17, 15) is 5.21 Å². The highest BCUT2D eigenvalue weighted by atomic mass is 32.4. The monoisotopic (exact) mass is 249 g/mol. The third-order valence-corrected chi connectivity index (χ3v) is 6.22. The van der Waals surface area contributed by atoms with E-state index in [0.717, 1.165) is 10.6 Å². The van der Waals surface area contributed by atoms with Crippen molar-refractivity contribution in [1.82, 2.24) is 5.25 Å². The highest BCUT2D eigenvalue weighted by Gasteiger charge is 2.20. The first-order chi connectivity index (χ1) is 7.77. The van der Waals surface area contributed by atoms with Crippen molar-refractivity contribution in [1.29, 1.82) is 0 Å². The van der Waals surface area contributed by atoms with Crippen LogP contribution in [0, 0.1) is 0 Å². The molecule has 4 heteroatoms.